The van der Waals surface area contributed by atoms with Crippen molar-refractivity contribution in [1.29, 1.82) is 0 Å². The molecule has 2 nitrogen and oxygen atoms in total. The Morgan fingerprint density at radius 3 is 2.57 bits per heavy atom. The third kappa shape index (κ3) is 5.61. The SMILES string of the molecule is CC(C)NCCCCC1CCOCC1. The van der Waals surface area contributed by atoms with Crippen LogP contribution in [0.5, 0.6) is 0 Å². The Balaban J connectivity index is 1.87. The summed E-state index contributed by atoms with van der Waals surface area (Å²) in [5.41, 5.74) is 0. The first-order valence-electron chi connectivity index (χ1n) is 6.10. The second-order valence-corrected chi connectivity index (χ2v) is 4.66. The lowest BCUT2D eigenvalue weighted by atomic mass is 9.94. The van der Waals surface area contributed by atoms with Crippen LogP contribution in [0.4, 0.5) is 0 Å². The van der Waals surface area contributed by atoms with Gasteiger partial charge >= 0.3 is 0 Å². The van der Waals surface area contributed by atoms with Crippen molar-refractivity contribution >= 4 is 0 Å². The average molecular weight is 199 g/mol. The summed E-state index contributed by atoms with van der Waals surface area (Å²) in [5.74, 6) is 0.947. The van der Waals surface area contributed by atoms with E-state index < -0.39 is 0 Å². The molecule has 0 aliphatic carbocycles. The van der Waals surface area contributed by atoms with Gasteiger partial charge in [-0.1, -0.05) is 26.7 Å². The molecule has 1 saturated heterocycles. The first-order chi connectivity index (χ1) is 6.79. The van der Waals surface area contributed by atoms with Crippen LogP contribution in [0.25, 0.3) is 0 Å². The van der Waals surface area contributed by atoms with Gasteiger partial charge in [-0.3, -0.25) is 0 Å². The fraction of sp³-hybridized carbons (Fsp3) is 1.00. The number of unbranched alkanes of at least 4 members (excludes halogenated alkanes) is 1. The Bertz CT molecular complexity index is 130. The largest absolute Gasteiger partial charge is 0.381 e. The molecule has 0 spiro atoms. The van der Waals surface area contributed by atoms with Crippen molar-refractivity contribution in [2.75, 3.05) is 19.8 Å². The molecular weight excluding hydrogens is 174 g/mol. The van der Waals surface area contributed by atoms with Crippen LogP contribution in [0.3, 0.4) is 0 Å². The molecule has 1 N–H and O–H groups in total. The number of hydrogen-bond acceptors (Lipinski definition) is 2. The van der Waals surface area contributed by atoms with E-state index in [0.29, 0.717) is 6.04 Å². The van der Waals surface area contributed by atoms with Crippen LogP contribution in [0.2, 0.25) is 0 Å². The van der Waals surface area contributed by atoms with Crippen LogP contribution in [0.15, 0.2) is 0 Å². The molecule has 1 aliphatic heterocycles. The number of ether oxygens (including phenoxy) is 1. The Labute approximate surface area is 88.4 Å². The average Bonchev–Trinajstić information content (AvgIpc) is 2.18. The van der Waals surface area contributed by atoms with Gasteiger partial charge in [0.05, 0.1) is 0 Å². The number of rotatable bonds is 6. The maximum absolute atomic E-state index is 5.35. The zero-order valence-electron chi connectivity index (χ0n) is 9.72. The quantitative estimate of drug-likeness (QED) is 0.664. The fourth-order valence-electron chi connectivity index (χ4n) is 1.98. The lowest BCUT2D eigenvalue weighted by Gasteiger charge is -2.21. The van der Waals surface area contributed by atoms with Crippen LogP contribution in [-0.2, 0) is 4.74 Å². The monoisotopic (exact) mass is 199 g/mol. The van der Waals surface area contributed by atoms with Gasteiger partial charge in [0.25, 0.3) is 0 Å². The van der Waals surface area contributed by atoms with Gasteiger partial charge in [0.15, 0.2) is 0 Å². The highest BCUT2D eigenvalue weighted by Crippen LogP contribution is 2.20. The molecule has 0 atom stereocenters. The summed E-state index contributed by atoms with van der Waals surface area (Å²) in [6.07, 6.45) is 6.69. The molecule has 1 rings (SSSR count). The van der Waals surface area contributed by atoms with Gasteiger partial charge in [-0.25, -0.2) is 0 Å². The zero-order chi connectivity index (χ0) is 10.2. The van der Waals surface area contributed by atoms with E-state index in [1.54, 1.807) is 0 Å². The van der Waals surface area contributed by atoms with E-state index in [2.05, 4.69) is 19.2 Å². The molecule has 0 bridgehead atoms. The molecule has 2 heteroatoms. The van der Waals surface area contributed by atoms with Crippen LogP contribution in [-0.4, -0.2) is 25.8 Å². The van der Waals surface area contributed by atoms with Crippen molar-refractivity contribution in [2.24, 2.45) is 5.92 Å². The molecule has 1 fully saturated rings. The molecule has 0 radical (unpaired) electrons. The molecule has 0 unspecified atom stereocenters. The minimum atomic E-state index is 0.637. The lowest BCUT2D eigenvalue weighted by Crippen LogP contribution is -2.23. The Hall–Kier alpha value is -0.0800. The molecule has 0 aromatic carbocycles. The lowest BCUT2D eigenvalue weighted by molar-refractivity contribution is 0.0631. The van der Waals surface area contributed by atoms with Crippen molar-refractivity contribution in [1.82, 2.24) is 5.32 Å². The normalized spacial score (nSPS) is 19.1. The third-order valence-electron chi connectivity index (χ3n) is 2.93. The van der Waals surface area contributed by atoms with Gasteiger partial charge in [0.2, 0.25) is 0 Å². The van der Waals surface area contributed by atoms with Crippen LogP contribution in [0, 0.1) is 5.92 Å². The van der Waals surface area contributed by atoms with Gasteiger partial charge in [0, 0.05) is 19.3 Å². The highest BCUT2D eigenvalue weighted by molar-refractivity contribution is 4.64. The van der Waals surface area contributed by atoms with E-state index in [1.165, 1.54) is 38.6 Å². The highest BCUT2D eigenvalue weighted by atomic mass is 16.5. The third-order valence-corrected chi connectivity index (χ3v) is 2.93. The predicted octanol–water partition coefficient (Wildman–Crippen LogP) is 2.58. The first kappa shape index (κ1) is 12.0. The maximum atomic E-state index is 5.35. The second-order valence-electron chi connectivity index (χ2n) is 4.66. The van der Waals surface area contributed by atoms with Gasteiger partial charge in [0.1, 0.15) is 0 Å². The van der Waals surface area contributed by atoms with Crippen LogP contribution >= 0.6 is 0 Å². The van der Waals surface area contributed by atoms with E-state index in [1.807, 2.05) is 0 Å². The fourth-order valence-corrected chi connectivity index (χ4v) is 1.98. The summed E-state index contributed by atoms with van der Waals surface area (Å²) in [5, 5.41) is 3.46. The summed E-state index contributed by atoms with van der Waals surface area (Å²) in [6, 6.07) is 0.637. The Kier molecular flexibility index (Phi) is 6.20. The molecule has 0 amide bonds. The van der Waals surface area contributed by atoms with Crippen molar-refractivity contribution in [2.45, 2.75) is 52.0 Å². The summed E-state index contributed by atoms with van der Waals surface area (Å²) in [6.45, 7) is 7.58. The summed E-state index contributed by atoms with van der Waals surface area (Å²) < 4.78 is 5.35. The minimum absolute atomic E-state index is 0.637. The number of nitrogens with one attached hydrogen (secondary N) is 1. The maximum Gasteiger partial charge on any atom is 0.0468 e. The van der Waals surface area contributed by atoms with Gasteiger partial charge < -0.3 is 10.1 Å². The highest BCUT2D eigenvalue weighted by Gasteiger charge is 2.12. The Morgan fingerprint density at radius 1 is 1.21 bits per heavy atom. The Morgan fingerprint density at radius 2 is 1.93 bits per heavy atom. The van der Waals surface area contributed by atoms with Crippen LogP contribution < -0.4 is 5.32 Å². The molecule has 1 aliphatic rings. The van der Waals surface area contributed by atoms with E-state index in [0.717, 1.165) is 19.1 Å². The second kappa shape index (κ2) is 7.24. The molecule has 14 heavy (non-hydrogen) atoms. The summed E-state index contributed by atoms with van der Waals surface area (Å²) >= 11 is 0. The molecular formula is C12H25NO. The first-order valence-corrected chi connectivity index (χ1v) is 6.10. The van der Waals surface area contributed by atoms with E-state index >= 15 is 0 Å². The standard InChI is InChI=1S/C12H25NO/c1-11(2)13-8-4-3-5-12-6-9-14-10-7-12/h11-13H,3-10H2,1-2H3. The minimum Gasteiger partial charge on any atom is -0.381 e. The molecule has 0 aromatic heterocycles. The van der Waals surface area contributed by atoms with Crippen molar-refractivity contribution in [3.63, 3.8) is 0 Å². The molecule has 1 heterocycles. The van der Waals surface area contributed by atoms with E-state index in [9.17, 15) is 0 Å². The van der Waals surface area contributed by atoms with Crippen LogP contribution in [0.1, 0.15) is 46.0 Å². The topological polar surface area (TPSA) is 21.3 Å². The smallest absolute Gasteiger partial charge is 0.0468 e. The molecule has 0 aromatic rings. The number of hydrogen-bond donors (Lipinski definition) is 1. The van der Waals surface area contributed by atoms with Crippen molar-refractivity contribution in [3.8, 4) is 0 Å². The van der Waals surface area contributed by atoms with Gasteiger partial charge in [-0.2, -0.15) is 0 Å². The van der Waals surface area contributed by atoms with Crippen molar-refractivity contribution < 1.29 is 4.74 Å². The van der Waals surface area contributed by atoms with E-state index in [4.69, 9.17) is 4.74 Å². The predicted molar refractivity (Wildman–Crippen MR) is 60.5 cm³/mol. The van der Waals surface area contributed by atoms with Gasteiger partial charge in [-0.05, 0) is 31.7 Å². The molecule has 0 saturated carbocycles. The summed E-state index contributed by atoms with van der Waals surface area (Å²) in [7, 11) is 0. The zero-order valence-corrected chi connectivity index (χ0v) is 9.72. The summed E-state index contributed by atoms with van der Waals surface area (Å²) in [4.78, 5) is 0. The van der Waals surface area contributed by atoms with E-state index in [-0.39, 0.29) is 0 Å². The van der Waals surface area contributed by atoms with Crippen molar-refractivity contribution in [3.05, 3.63) is 0 Å². The van der Waals surface area contributed by atoms with Gasteiger partial charge in [-0.15, -0.1) is 0 Å². The molecule has 84 valence electrons.